The van der Waals surface area contributed by atoms with Gasteiger partial charge in [0, 0.05) is 12.6 Å². The lowest BCUT2D eigenvalue weighted by Crippen LogP contribution is -2.41. The largest absolute Gasteiger partial charge is 0.480 e. The second-order valence-corrected chi connectivity index (χ2v) is 6.98. The zero-order valence-electron chi connectivity index (χ0n) is 11.8. The molecule has 0 aromatic heterocycles. The van der Waals surface area contributed by atoms with Gasteiger partial charge in [-0.15, -0.1) is 0 Å². The zero-order valence-corrected chi connectivity index (χ0v) is 13.4. The lowest BCUT2D eigenvalue weighted by atomic mass is 9.84. The Hall–Kier alpha value is -0.940. The van der Waals surface area contributed by atoms with Crippen molar-refractivity contribution in [3.8, 4) is 0 Å². The number of likely N-dealkylation sites (tertiary alicyclic amines) is 1. The quantitative estimate of drug-likeness (QED) is 0.896. The summed E-state index contributed by atoms with van der Waals surface area (Å²) in [5.41, 5.74) is 0.841. The number of carbonyl (C=O) groups is 1. The molecule has 1 aliphatic carbocycles. The Labute approximate surface area is 132 Å². The van der Waals surface area contributed by atoms with Crippen LogP contribution in [0.4, 0.5) is 4.39 Å². The minimum Gasteiger partial charge on any atom is -0.480 e. The van der Waals surface area contributed by atoms with Crippen LogP contribution < -0.4 is 0 Å². The molecule has 3 rings (SSSR count). The molecule has 5 heteroatoms. The maximum absolute atomic E-state index is 13.7. The van der Waals surface area contributed by atoms with Gasteiger partial charge in [-0.05, 0) is 58.8 Å². The Morgan fingerprint density at radius 1 is 1.38 bits per heavy atom. The van der Waals surface area contributed by atoms with Gasteiger partial charge in [0.1, 0.15) is 11.9 Å². The number of carboxylic acids is 1. The van der Waals surface area contributed by atoms with Gasteiger partial charge in [0.2, 0.25) is 0 Å². The van der Waals surface area contributed by atoms with E-state index in [2.05, 4.69) is 20.8 Å². The van der Waals surface area contributed by atoms with Gasteiger partial charge in [-0.1, -0.05) is 18.9 Å². The fourth-order valence-corrected chi connectivity index (χ4v) is 4.12. The highest BCUT2D eigenvalue weighted by Gasteiger charge is 2.44. The number of fused-ring (bicyclic) bond motifs is 1. The Morgan fingerprint density at radius 2 is 2.14 bits per heavy atom. The van der Waals surface area contributed by atoms with Crippen LogP contribution in [0.15, 0.2) is 22.7 Å². The first-order chi connectivity index (χ1) is 10.1. The number of hydrogen-bond donors (Lipinski definition) is 1. The summed E-state index contributed by atoms with van der Waals surface area (Å²) in [6.07, 6.45) is 5.29. The minimum absolute atomic E-state index is 0.293. The number of aliphatic carboxylic acids is 1. The van der Waals surface area contributed by atoms with E-state index in [9.17, 15) is 14.3 Å². The van der Waals surface area contributed by atoms with Crippen LogP contribution in [0.2, 0.25) is 0 Å². The summed E-state index contributed by atoms with van der Waals surface area (Å²) < 4.78 is 14.1. The molecule has 2 aliphatic rings. The van der Waals surface area contributed by atoms with Crippen molar-refractivity contribution in [2.24, 2.45) is 5.92 Å². The molecule has 3 atom stereocenters. The number of nitrogens with zero attached hydrogens (tertiary/aromatic N) is 1. The van der Waals surface area contributed by atoms with Gasteiger partial charge in [0.05, 0.1) is 4.47 Å². The van der Waals surface area contributed by atoms with E-state index in [1.807, 2.05) is 6.07 Å². The molecular weight excluding hydrogens is 337 g/mol. The van der Waals surface area contributed by atoms with Gasteiger partial charge >= 0.3 is 5.97 Å². The molecule has 3 nitrogen and oxygen atoms in total. The molecule has 21 heavy (non-hydrogen) atoms. The van der Waals surface area contributed by atoms with Crippen molar-refractivity contribution in [3.05, 3.63) is 34.1 Å². The number of benzene rings is 1. The van der Waals surface area contributed by atoms with Crippen LogP contribution in [0.5, 0.6) is 0 Å². The molecule has 1 saturated carbocycles. The Morgan fingerprint density at radius 3 is 2.86 bits per heavy atom. The summed E-state index contributed by atoms with van der Waals surface area (Å²) in [6, 6.07) is 4.97. The van der Waals surface area contributed by atoms with E-state index in [0.717, 1.165) is 24.8 Å². The highest BCUT2D eigenvalue weighted by Crippen LogP contribution is 2.40. The summed E-state index contributed by atoms with van der Waals surface area (Å²) in [5, 5.41) is 9.48. The fourth-order valence-electron chi connectivity index (χ4n) is 3.87. The highest BCUT2D eigenvalue weighted by molar-refractivity contribution is 9.10. The van der Waals surface area contributed by atoms with Crippen LogP contribution in [0.1, 0.15) is 37.7 Å². The van der Waals surface area contributed by atoms with E-state index >= 15 is 0 Å². The molecule has 1 aliphatic heterocycles. The number of rotatable bonds is 3. The Kier molecular flexibility index (Phi) is 4.31. The molecular formula is C16H19BrFNO2. The van der Waals surface area contributed by atoms with Crippen molar-refractivity contribution in [2.45, 2.75) is 50.7 Å². The molecule has 3 unspecified atom stereocenters. The van der Waals surface area contributed by atoms with Crippen molar-refractivity contribution in [1.82, 2.24) is 4.90 Å². The van der Waals surface area contributed by atoms with Crippen LogP contribution >= 0.6 is 15.9 Å². The van der Waals surface area contributed by atoms with E-state index in [4.69, 9.17) is 0 Å². The fraction of sp³-hybridized carbons (Fsp3) is 0.562. The van der Waals surface area contributed by atoms with Gasteiger partial charge in [-0.3, -0.25) is 9.69 Å². The first kappa shape index (κ1) is 15.0. The third-order valence-corrected chi connectivity index (χ3v) is 5.50. The minimum atomic E-state index is -0.748. The lowest BCUT2D eigenvalue weighted by Gasteiger charge is -2.33. The van der Waals surface area contributed by atoms with E-state index in [1.54, 1.807) is 6.07 Å². The standard InChI is InChI=1S/C16H19BrFNO2/c17-12-6-5-10(7-13(12)18)9-19-14-4-2-1-3-11(14)8-15(19)16(20)21/h5-7,11,14-15H,1-4,8-9H2,(H,20,21). The monoisotopic (exact) mass is 355 g/mol. The molecule has 2 fully saturated rings. The van der Waals surface area contributed by atoms with Gasteiger partial charge < -0.3 is 5.11 Å². The summed E-state index contributed by atoms with van der Waals surface area (Å²) in [4.78, 5) is 13.6. The molecule has 0 bridgehead atoms. The maximum Gasteiger partial charge on any atom is 0.320 e. The first-order valence-corrected chi connectivity index (χ1v) is 8.28. The normalized spacial score (nSPS) is 29.3. The molecule has 114 valence electrons. The van der Waals surface area contributed by atoms with E-state index in [1.165, 1.54) is 18.9 Å². The van der Waals surface area contributed by atoms with Gasteiger partial charge in [-0.25, -0.2) is 4.39 Å². The second kappa shape index (κ2) is 6.05. The molecule has 1 aromatic carbocycles. The summed E-state index contributed by atoms with van der Waals surface area (Å²) >= 11 is 3.15. The molecule has 0 radical (unpaired) electrons. The predicted molar refractivity (Wildman–Crippen MR) is 81.4 cm³/mol. The third-order valence-electron chi connectivity index (χ3n) is 4.86. The first-order valence-electron chi connectivity index (χ1n) is 7.48. The maximum atomic E-state index is 13.7. The summed E-state index contributed by atoms with van der Waals surface area (Å²) in [7, 11) is 0. The third kappa shape index (κ3) is 2.99. The smallest absolute Gasteiger partial charge is 0.320 e. The number of halogens is 2. The van der Waals surface area contributed by atoms with Gasteiger partial charge in [0.15, 0.2) is 0 Å². The summed E-state index contributed by atoms with van der Waals surface area (Å²) in [5.74, 6) is -0.555. The van der Waals surface area contributed by atoms with Crippen molar-refractivity contribution in [1.29, 1.82) is 0 Å². The van der Waals surface area contributed by atoms with Crippen molar-refractivity contribution in [3.63, 3.8) is 0 Å². The molecule has 0 spiro atoms. The Bertz CT molecular complexity index is 551. The molecule has 1 heterocycles. The van der Waals surface area contributed by atoms with E-state index in [-0.39, 0.29) is 5.82 Å². The molecule has 0 amide bonds. The van der Waals surface area contributed by atoms with Crippen LogP contribution in [-0.2, 0) is 11.3 Å². The van der Waals surface area contributed by atoms with Gasteiger partial charge in [-0.2, -0.15) is 0 Å². The molecule has 1 aromatic rings. The zero-order chi connectivity index (χ0) is 15.0. The second-order valence-electron chi connectivity index (χ2n) is 6.12. The topological polar surface area (TPSA) is 40.5 Å². The SMILES string of the molecule is O=C(O)C1CC2CCCCC2N1Cc1ccc(Br)c(F)c1. The van der Waals surface area contributed by atoms with Crippen LogP contribution in [0.3, 0.4) is 0 Å². The Balaban J connectivity index is 1.82. The van der Waals surface area contributed by atoms with Crippen molar-refractivity contribution in [2.75, 3.05) is 0 Å². The average Bonchev–Trinajstić information content (AvgIpc) is 2.82. The van der Waals surface area contributed by atoms with Crippen LogP contribution in [0, 0.1) is 11.7 Å². The van der Waals surface area contributed by atoms with Crippen molar-refractivity contribution >= 4 is 21.9 Å². The average molecular weight is 356 g/mol. The van der Waals surface area contributed by atoms with Crippen LogP contribution in [-0.4, -0.2) is 28.1 Å². The van der Waals surface area contributed by atoms with Gasteiger partial charge in [0.25, 0.3) is 0 Å². The highest BCUT2D eigenvalue weighted by atomic mass is 79.9. The van der Waals surface area contributed by atoms with Crippen molar-refractivity contribution < 1.29 is 14.3 Å². The molecule has 1 N–H and O–H groups in total. The lowest BCUT2D eigenvalue weighted by molar-refractivity contribution is -0.142. The predicted octanol–water partition coefficient (Wildman–Crippen LogP) is 3.81. The number of hydrogen-bond acceptors (Lipinski definition) is 2. The van der Waals surface area contributed by atoms with Crippen LogP contribution in [0.25, 0.3) is 0 Å². The summed E-state index contributed by atoms with van der Waals surface area (Å²) in [6.45, 7) is 0.516. The van der Waals surface area contributed by atoms with E-state index in [0.29, 0.717) is 23.0 Å². The van der Waals surface area contributed by atoms with E-state index < -0.39 is 12.0 Å². The number of carboxylic acid groups (broad SMARTS) is 1. The molecule has 1 saturated heterocycles.